The van der Waals surface area contributed by atoms with Crippen molar-refractivity contribution in [1.82, 2.24) is 9.29 Å². The van der Waals surface area contributed by atoms with Crippen LogP contribution in [-0.2, 0) is 40.6 Å². The van der Waals surface area contributed by atoms with Crippen molar-refractivity contribution in [1.29, 1.82) is 0 Å². The van der Waals surface area contributed by atoms with Gasteiger partial charge in [-0.2, -0.15) is 0 Å². The fourth-order valence-electron chi connectivity index (χ4n) is 6.33. The second-order valence-corrected chi connectivity index (χ2v) is 13.5. The highest BCUT2D eigenvalue weighted by Crippen LogP contribution is 2.39. The van der Waals surface area contributed by atoms with Gasteiger partial charge in [0.2, 0.25) is 5.91 Å². The molecule has 1 aliphatic carbocycles. The number of carbonyl (C=O) groups excluding carboxylic acids is 1. The molecule has 0 unspecified atom stereocenters. The number of benzene rings is 3. The Morgan fingerprint density at radius 1 is 1.02 bits per heavy atom. The van der Waals surface area contributed by atoms with Gasteiger partial charge in [0.1, 0.15) is 28.0 Å². The van der Waals surface area contributed by atoms with E-state index in [9.17, 15) is 27.1 Å². The van der Waals surface area contributed by atoms with Gasteiger partial charge in [0.25, 0.3) is 10.0 Å². The highest BCUT2D eigenvalue weighted by molar-refractivity contribution is 7.90. The first-order chi connectivity index (χ1) is 22.0. The first kappa shape index (κ1) is 33.2. The van der Waals surface area contributed by atoms with Crippen molar-refractivity contribution in [3.05, 3.63) is 113 Å². The Labute approximate surface area is 268 Å². The summed E-state index contributed by atoms with van der Waals surface area (Å²) < 4.78 is 67.1. The number of sulfonamides is 1. The first-order valence-electron chi connectivity index (χ1n) is 15.1. The number of halogens is 2. The summed E-state index contributed by atoms with van der Waals surface area (Å²) in [6.45, 7) is 2.40. The minimum Gasteiger partial charge on any atom is -0.496 e. The van der Waals surface area contributed by atoms with Crippen LogP contribution in [0.4, 0.5) is 8.78 Å². The van der Waals surface area contributed by atoms with Crippen molar-refractivity contribution in [2.45, 2.75) is 56.6 Å². The number of rotatable bonds is 13. The summed E-state index contributed by atoms with van der Waals surface area (Å²) in [6.07, 6.45) is 5.65. The lowest BCUT2D eigenvalue weighted by atomic mass is 9.85. The topological polar surface area (TPSA) is 107 Å². The van der Waals surface area contributed by atoms with Gasteiger partial charge < -0.3 is 19.1 Å². The average molecular weight is 653 g/mol. The quantitative estimate of drug-likeness (QED) is 0.192. The van der Waals surface area contributed by atoms with Crippen LogP contribution in [0.3, 0.4) is 0 Å². The third-order valence-electron chi connectivity index (χ3n) is 8.66. The fraction of sp³-hybridized carbons (Fsp3) is 0.343. The molecule has 1 aromatic heterocycles. The van der Waals surface area contributed by atoms with E-state index in [1.165, 1.54) is 11.1 Å². The van der Waals surface area contributed by atoms with Crippen LogP contribution in [-0.4, -0.2) is 38.2 Å². The number of aliphatic hydroxyl groups excluding tert-OH is 1. The summed E-state index contributed by atoms with van der Waals surface area (Å²) in [4.78, 5) is 11.7. The maximum atomic E-state index is 14.0. The second kappa shape index (κ2) is 14.0. The van der Waals surface area contributed by atoms with Crippen LogP contribution in [0.25, 0.3) is 0 Å². The van der Waals surface area contributed by atoms with E-state index in [1.54, 1.807) is 14.2 Å². The Morgan fingerprint density at radius 3 is 2.28 bits per heavy atom. The summed E-state index contributed by atoms with van der Waals surface area (Å²) in [7, 11) is -1.32. The molecular weight excluding hydrogens is 614 g/mol. The lowest BCUT2D eigenvalue weighted by molar-refractivity contribution is -0.119. The van der Waals surface area contributed by atoms with E-state index in [4.69, 9.17) is 9.47 Å². The van der Waals surface area contributed by atoms with Gasteiger partial charge in [0, 0.05) is 42.9 Å². The molecule has 5 rings (SSSR count). The number of fused-ring (bicyclic) bond motifs is 1. The molecule has 3 aromatic carbocycles. The number of methoxy groups -OCH3 is 2. The van der Waals surface area contributed by atoms with Crippen LogP contribution in [0, 0.1) is 30.4 Å². The highest BCUT2D eigenvalue weighted by Gasteiger charge is 2.30. The molecule has 0 saturated carbocycles. The van der Waals surface area contributed by atoms with E-state index in [0.717, 1.165) is 42.5 Å². The summed E-state index contributed by atoms with van der Waals surface area (Å²) in [5.74, 6) is -1.56. The minimum absolute atomic E-state index is 0.165. The van der Waals surface area contributed by atoms with Gasteiger partial charge in [-0.25, -0.2) is 21.9 Å². The molecule has 46 heavy (non-hydrogen) atoms. The molecule has 4 aromatic rings. The zero-order valence-corrected chi connectivity index (χ0v) is 26.8. The largest absolute Gasteiger partial charge is 0.496 e. The van der Waals surface area contributed by atoms with Gasteiger partial charge in [0.15, 0.2) is 0 Å². The molecule has 1 aliphatic rings. The van der Waals surface area contributed by atoms with Crippen LogP contribution >= 0.6 is 0 Å². The predicted molar refractivity (Wildman–Crippen MR) is 169 cm³/mol. The molecule has 2 N–H and O–H groups in total. The smallest absolute Gasteiger partial charge is 0.266 e. The zero-order valence-electron chi connectivity index (χ0n) is 26.0. The van der Waals surface area contributed by atoms with E-state index in [2.05, 4.69) is 24.3 Å². The lowest BCUT2D eigenvalue weighted by Gasteiger charge is -2.27. The summed E-state index contributed by atoms with van der Waals surface area (Å²) >= 11 is 0. The summed E-state index contributed by atoms with van der Waals surface area (Å²) in [5.41, 5.74) is 5.01. The van der Waals surface area contributed by atoms with Crippen molar-refractivity contribution < 1.29 is 36.6 Å². The monoisotopic (exact) mass is 652 g/mol. The third-order valence-corrected chi connectivity index (χ3v) is 10.1. The van der Waals surface area contributed by atoms with E-state index in [1.807, 2.05) is 46.8 Å². The van der Waals surface area contributed by atoms with Crippen molar-refractivity contribution in [2.24, 2.45) is 11.8 Å². The van der Waals surface area contributed by atoms with E-state index in [-0.39, 0.29) is 18.8 Å². The van der Waals surface area contributed by atoms with Gasteiger partial charge in [-0.1, -0.05) is 24.3 Å². The summed E-state index contributed by atoms with van der Waals surface area (Å²) in [6, 6.07) is 16.0. The SMILES string of the molecule is COc1cc([C@@H](O)[C@@H](CC2Cc3ccccc3C2)Cn2ccc(CCC(=O)NS(=O)(=O)c3ccc(F)cc3F)c2)cc(OC)c1C. The molecule has 8 nitrogen and oxygen atoms in total. The molecule has 244 valence electrons. The first-order valence-corrected chi connectivity index (χ1v) is 16.6. The Hall–Kier alpha value is -4.22. The van der Waals surface area contributed by atoms with Crippen molar-refractivity contribution in [3.8, 4) is 11.5 Å². The van der Waals surface area contributed by atoms with Crippen LogP contribution in [0.2, 0.25) is 0 Å². The molecule has 11 heteroatoms. The number of carbonyl (C=O) groups is 1. The minimum atomic E-state index is -4.49. The Balaban J connectivity index is 1.29. The zero-order chi connectivity index (χ0) is 33.0. The van der Waals surface area contributed by atoms with Crippen LogP contribution < -0.4 is 14.2 Å². The third kappa shape index (κ3) is 7.59. The molecule has 0 spiro atoms. The molecule has 0 saturated heterocycles. The van der Waals surface area contributed by atoms with Crippen molar-refractivity contribution in [2.75, 3.05) is 14.2 Å². The average Bonchev–Trinajstić information content (AvgIpc) is 3.65. The number of hydrogen-bond donors (Lipinski definition) is 2. The molecule has 0 bridgehead atoms. The van der Waals surface area contributed by atoms with Crippen LogP contribution in [0.1, 0.15) is 46.8 Å². The van der Waals surface area contributed by atoms with Crippen LogP contribution in [0.15, 0.2) is 78.0 Å². The van der Waals surface area contributed by atoms with Gasteiger partial charge in [-0.05, 0) is 91.1 Å². The molecule has 0 radical (unpaired) electrons. The maximum Gasteiger partial charge on any atom is 0.266 e. The number of ether oxygens (including phenoxy) is 2. The van der Waals surface area contributed by atoms with E-state index in [0.29, 0.717) is 35.6 Å². The Morgan fingerprint density at radius 2 is 1.67 bits per heavy atom. The van der Waals surface area contributed by atoms with Gasteiger partial charge in [-0.15, -0.1) is 0 Å². The van der Waals surface area contributed by atoms with Gasteiger partial charge in [-0.3, -0.25) is 4.79 Å². The predicted octanol–water partition coefficient (Wildman–Crippen LogP) is 5.68. The number of nitrogens with one attached hydrogen (secondary N) is 1. The number of aryl methyl sites for hydroxylation is 1. The molecule has 0 fully saturated rings. The normalized spacial score (nSPS) is 14.5. The standard InChI is InChI=1S/C35H38F2N2O6S/c1-22-31(44-2)17-27(18-32(22)45-3)35(41)28(16-24-14-25-6-4-5-7-26(25)15-24)21-39-13-12-23(20-39)8-11-34(40)38-46(42,43)33-10-9-29(36)19-30(33)37/h4-7,9-10,12-13,17-20,24,28,35,41H,8,11,14-16,21H2,1-3H3,(H,38,40)/t28-,35+/m0/s1. The number of nitrogens with zero attached hydrogens (tertiary/aromatic N) is 1. The highest BCUT2D eigenvalue weighted by atomic mass is 32.2. The molecule has 2 atom stereocenters. The van der Waals surface area contributed by atoms with Gasteiger partial charge >= 0.3 is 0 Å². The van der Waals surface area contributed by atoms with Crippen LogP contribution in [0.5, 0.6) is 11.5 Å². The Bertz CT molecular complexity index is 1770. The second-order valence-electron chi connectivity index (χ2n) is 11.9. The molecular formula is C35H38F2N2O6S. The number of amides is 1. The van der Waals surface area contributed by atoms with Crippen molar-refractivity contribution >= 4 is 15.9 Å². The molecule has 0 aliphatic heterocycles. The van der Waals surface area contributed by atoms with E-state index >= 15 is 0 Å². The maximum absolute atomic E-state index is 14.0. The van der Waals surface area contributed by atoms with Crippen molar-refractivity contribution in [3.63, 3.8) is 0 Å². The molecule has 1 amide bonds. The van der Waals surface area contributed by atoms with E-state index < -0.39 is 38.6 Å². The van der Waals surface area contributed by atoms with Gasteiger partial charge in [0.05, 0.1) is 20.3 Å². The number of aliphatic hydroxyl groups is 1. The lowest BCUT2D eigenvalue weighted by Crippen LogP contribution is -2.31. The summed E-state index contributed by atoms with van der Waals surface area (Å²) in [5, 5.41) is 11.8. The Kier molecular flexibility index (Phi) is 10.1. The number of aromatic nitrogens is 1. The number of hydrogen-bond acceptors (Lipinski definition) is 6. The molecule has 1 heterocycles. The fourth-order valence-corrected chi connectivity index (χ4v) is 7.40.